The Morgan fingerprint density at radius 2 is 2.07 bits per heavy atom. The van der Waals surface area contributed by atoms with Crippen molar-refractivity contribution in [3.8, 4) is 11.8 Å². The van der Waals surface area contributed by atoms with Gasteiger partial charge in [-0.15, -0.1) is 13.2 Å². The Hall–Kier alpha value is -1.22. The summed E-state index contributed by atoms with van der Waals surface area (Å²) in [7, 11) is 0. The molecule has 0 saturated carbocycles. The van der Waals surface area contributed by atoms with Gasteiger partial charge in [-0.2, -0.15) is 5.26 Å². The quantitative estimate of drug-likeness (QED) is 0.778. The summed E-state index contributed by atoms with van der Waals surface area (Å²) < 4.78 is 39.6. The molecule has 0 saturated heterocycles. The van der Waals surface area contributed by atoms with Crippen LogP contribution in [0.25, 0.3) is 0 Å². The summed E-state index contributed by atoms with van der Waals surface area (Å²) in [6, 6.07) is 5.65. The van der Waals surface area contributed by atoms with E-state index in [0.717, 1.165) is 0 Å². The smallest absolute Gasteiger partial charge is 0.404 e. The second-order valence-corrected chi connectivity index (χ2v) is 3.18. The second-order valence-electron chi connectivity index (χ2n) is 2.62. The summed E-state index contributed by atoms with van der Waals surface area (Å²) in [6.45, 7) is 0. The minimum Gasteiger partial charge on any atom is -0.404 e. The Morgan fingerprint density at radius 3 is 2.53 bits per heavy atom. The van der Waals surface area contributed by atoms with Gasteiger partial charge in [-0.1, -0.05) is 22.0 Å². The van der Waals surface area contributed by atoms with Crippen LogP contribution in [-0.4, -0.2) is 6.36 Å². The highest BCUT2D eigenvalue weighted by molar-refractivity contribution is 9.08. The third kappa shape index (κ3) is 3.44. The predicted octanol–water partition coefficient (Wildman–Crippen LogP) is 3.35. The van der Waals surface area contributed by atoms with Gasteiger partial charge in [0, 0.05) is 5.33 Å². The lowest BCUT2D eigenvalue weighted by Crippen LogP contribution is -2.18. The molecule has 0 N–H and O–H groups in total. The van der Waals surface area contributed by atoms with E-state index < -0.39 is 12.1 Å². The molecule has 2 nitrogen and oxygen atoms in total. The van der Waals surface area contributed by atoms with Gasteiger partial charge in [0.15, 0.2) is 0 Å². The molecule has 0 atom stereocenters. The van der Waals surface area contributed by atoms with E-state index in [-0.39, 0.29) is 5.56 Å². The molecule has 0 unspecified atom stereocenters. The monoisotopic (exact) mass is 279 g/mol. The molecule has 0 spiro atoms. The Bertz CT molecular complexity index is 397. The van der Waals surface area contributed by atoms with Crippen LogP contribution in [0.4, 0.5) is 13.2 Å². The van der Waals surface area contributed by atoms with Crippen LogP contribution in [0.15, 0.2) is 18.2 Å². The fourth-order valence-electron chi connectivity index (χ4n) is 0.951. The fraction of sp³-hybridized carbons (Fsp3) is 0.222. The van der Waals surface area contributed by atoms with Gasteiger partial charge in [-0.3, -0.25) is 0 Å². The summed E-state index contributed by atoms with van der Waals surface area (Å²) in [4.78, 5) is 0. The normalized spacial score (nSPS) is 10.9. The van der Waals surface area contributed by atoms with Crippen LogP contribution in [0.5, 0.6) is 5.75 Å². The Balaban J connectivity index is 3.08. The van der Waals surface area contributed by atoms with Gasteiger partial charge >= 0.3 is 6.36 Å². The molecule has 0 aliphatic heterocycles. The first kappa shape index (κ1) is 11.9. The number of halogens is 4. The molecule has 0 aliphatic rings. The number of benzene rings is 1. The van der Waals surface area contributed by atoms with Gasteiger partial charge in [0.25, 0.3) is 0 Å². The van der Waals surface area contributed by atoms with E-state index in [1.54, 1.807) is 12.1 Å². The number of alkyl halides is 4. The van der Waals surface area contributed by atoms with Gasteiger partial charge in [-0.25, -0.2) is 0 Å². The SMILES string of the molecule is N#Cc1ccc(CBr)cc1OC(F)(F)F. The fourth-order valence-corrected chi connectivity index (χ4v) is 1.30. The molecular formula is C9H5BrF3NO. The van der Waals surface area contributed by atoms with Crippen LogP contribution < -0.4 is 4.74 Å². The zero-order chi connectivity index (χ0) is 11.5. The van der Waals surface area contributed by atoms with E-state index in [9.17, 15) is 13.2 Å². The second kappa shape index (κ2) is 4.53. The lowest BCUT2D eigenvalue weighted by molar-refractivity contribution is -0.274. The first-order chi connectivity index (χ1) is 6.96. The van der Waals surface area contributed by atoms with Gasteiger partial charge in [0.1, 0.15) is 11.8 Å². The lowest BCUT2D eigenvalue weighted by Gasteiger charge is -2.10. The largest absolute Gasteiger partial charge is 0.573 e. The van der Waals surface area contributed by atoms with E-state index in [0.29, 0.717) is 10.9 Å². The Morgan fingerprint density at radius 1 is 1.40 bits per heavy atom. The van der Waals surface area contributed by atoms with E-state index in [1.165, 1.54) is 12.1 Å². The van der Waals surface area contributed by atoms with Gasteiger partial charge < -0.3 is 4.74 Å². The lowest BCUT2D eigenvalue weighted by atomic mass is 10.1. The van der Waals surface area contributed by atoms with Crippen molar-refractivity contribution < 1.29 is 17.9 Å². The number of hydrogen-bond acceptors (Lipinski definition) is 2. The highest BCUT2D eigenvalue weighted by Gasteiger charge is 2.32. The highest BCUT2D eigenvalue weighted by Crippen LogP contribution is 2.27. The van der Waals surface area contributed by atoms with Crippen molar-refractivity contribution in [2.75, 3.05) is 0 Å². The molecular weight excluding hydrogens is 275 g/mol. The number of ether oxygens (including phenoxy) is 1. The molecule has 0 bridgehead atoms. The van der Waals surface area contributed by atoms with E-state index in [2.05, 4.69) is 20.7 Å². The average molecular weight is 280 g/mol. The third-order valence-electron chi connectivity index (χ3n) is 1.55. The van der Waals surface area contributed by atoms with Gasteiger partial charge in [-0.05, 0) is 17.7 Å². The molecule has 0 aromatic heterocycles. The molecule has 15 heavy (non-hydrogen) atoms. The molecule has 6 heteroatoms. The molecule has 1 rings (SSSR count). The van der Waals surface area contributed by atoms with Crippen LogP contribution >= 0.6 is 15.9 Å². The van der Waals surface area contributed by atoms with Crippen molar-refractivity contribution in [2.45, 2.75) is 11.7 Å². The predicted molar refractivity (Wildman–Crippen MR) is 50.5 cm³/mol. The summed E-state index contributed by atoms with van der Waals surface area (Å²) >= 11 is 3.10. The zero-order valence-electron chi connectivity index (χ0n) is 7.31. The van der Waals surface area contributed by atoms with E-state index >= 15 is 0 Å². The molecule has 0 aliphatic carbocycles. The Kier molecular flexibility index (Phi) is 3.58. The summed E-state index contributed by atoms with van der Waals surface area (Å²) in [5.74, 6) is -0.470. The summed E-state index contributed by atoms with van der Waals surface area (Å²) in [6.07, 6.45) is -4.78. The Labute approximate surface area is 92.4 Å². The van der Waals surface area contributed by atoms with Crippen molar-refractivity contribution in [3.63, 3.8) is 0 Å². The average Bonchev–Trinajstić information content (AvgIpc) is 2.15. The zero-order valence-corrected chi connectivity index (χ0v) is 8.89. The number of rotatable bonds is 2. The summed E-state index contributed by atoms with van der Waals surface area (Å²) in [5.41, 5.74) is 0.463. The molecule has 0 radical (unpaired) electrons. The van der Waals surface area contributed by atoms with Crippen LogP contribution in [0.3, 0.4) is 0 Å². The van der Waals surface area contributed by atoms with E-state index in [4.69, 9.17) is 5.26 Å². The van der Waals surface area contributed by atoms with Gasteiger partial charge in [0.2, 0.25) is 0 Å². The maximum Gasteiger partial charge on any atom is 0.573 e. The van der Waals surface area contributed by atoms with E-state index in [1.807, 2.05) is 0 Å². The van der Waals surface area contributed by atoms with Crippen molar-refractivity contribution in [1.82, 2.24) is 0 Å². The molecule has 1 aromatic rings. The summed E-state index contributed by atoms with van der Waals surface area (Å²) in [5, 5.41) is 8.97. The van der Waals surface area contributed by atoms with Crippen LogP contribution in [-0.2, 0) is 5.33 Å². The first-order valence-electron chi connectivity index (χ1n) is 3.81. The molecule has 1 aromatic carbocycles. The van der Waals surface area contributed by atoms with Crippen LogP contribution in [0.1, 0.15) is 11.1 Å². The maximum absolute atomic E-state index is 11.9. The topological polar surface area (TPSA) is 33.0 Å². The van der Waals surface area contributed by atoms with Crippen molar-refractivity contribution >= 4 is 15.9 Å². The van der Waals surface area contributed by atoms with Crippen molar-refractivity contribution in [2.24, 2.45) is 0 Å². The van der Waals surface area contributed by atoms with Crippen LogP contribution in [0.2, 0.25) is 0 Å². The van der Waals surface area contributed by atoms with Gasteiger partial charge in [0.05, 0.1) is 5.56 Å². The third-order valence-corrected chi connectivity index (χ3v) is 2.19. The van der Waals surface area contributed by atoms with Crippen molar-refractivity contribution in [1.29, 1.82) is 5.26 Å². The first-order valence-corrected chi connectivity index (χ1v) is 4.93. The molecule has 0 fully saturated rings. The number of hydrogen-bond donors (Lipinski definition) is 0. The van der Waals surface area contributed by atoms with Crippen LogP contribution in [0, 0.1) is 11.3 Å². The minimum absolute atomic E-state index is 0.142. The number of nitriles is 1. The minimum atomic E-state index is -4.78. The van der Waals surface area contributed by atoms with Crippen molar-refractivity contribution in [3.05, 3.63) is 29.3 Å². The highest BCUT2D eigenvalue weighted by atomic mass is 79.9. The standard InChI is InChI=1S/C9H5BrF3NO/c10-4-6-1-2-7(5-14)8(3-6)15-9(11,12)13/h1-3H,4H2. The number of nitrogens with zero attached hydrogens (tertiary/aromatic N) is 1. The molecule has 0 amide bonds. The maximum atomic E-state index is 11.9. The molecule has 80 valence electrons. The molecule has 0 heterocycles.